The third-order valence-electron chi connectivity index (χ3n) is 4.51. The van der Waals surface area contributed by atoms with Crippen LogP contribution in [0.3, 0.4) is 0 Å². The van der Waals surface area contributed by atoms with Gasteiger partial charge in [0.05, 0.1) is 15.1 Å². The fraction of sp³-hybridized carbons (Fsp3) is 0.136. The number of hydrogen-bond acceptors (Lipinski definition) is 4. The van der Waals surface area contributed by atoms with E-state index in [1.165, 1.54) is 0 Å². The SMILES string of the molecule is CCCc1ccc(S(=O)(=O)Nc2ccc(-c3nc4ccc(Cl)cc4s3)cc2)cc1. The summed E-state index contributed by atoms with van der Waals surface area (Å²) in [4.78, 5) is 4.87. The van der Waals surface area contributed by atoms with Crippen molar-refractivity contribution in [2.24, 2.45) is 0 Å². The first-order valence-electron chi connectivity index (χ1n) is 9.23. The molecule has 0 spiro atoms. The van der Waals surface area contributed by atoms with E-state index in [0.29, 0.717) is 10.7 Å². The van der Waals surface area contributed by atoms with Gasteiger partial charge in [0.25, 0.3) is 10.0 Å². The van der Waals surface area contributed by atoms with Crippen LogP contribution in [0.2, 0.25) is 5.02 Å². The molecule has 4 nitrogen and oxygen atoms in total. The lowest BCUT2D eigenvalue weighted by Gasteiger charge is -2.09. The van der Waals surface area contributed by atoms with E-state index in [4.69, 9.17) is 11.6 Å². The predicted octanol–water partition coefficient (Wildman–Crippen LogP) is 6.37. The molecule has 3 aromatic carbocycles. The average Bonchev–Trinajstić information content (AvgIpc) is 3.12. The van der Waals surface area contributed by atoms with E-state index in [9.17, 15) is 8.42 Å². The van der Waals surface area contributed by atoms with E-state index in [-0.39, 0.29) is 4.90 Å². The summed E-state index contributed by atoms with van der Waals surface area (Å²) in [5, 5.41) is 1.54. The highest BCUT2D eigenvalue weighted by atomic mass is 35.5. The predicted molar refractivity (Wildman–Crippen MR) is 121 cm³/mol. The molecule has 1 heterocycles. The van der Waals surface area contributed by atoms with Crippen LogP contribution in [0.25, 0.3) is 20.8 Å². The van der Waals surface area contributed by atoms with Crippen LogP contribution in [0.1, 0.15) is 18.9 Å². The van der Waals surface area contributed by atoms with E-state index in [2.05, 4.69) is 16.6 Å². The molecule has 0 unspecified atom stereocenters. The summed E-state index contributed by atoms with van der Waals surface area (Å²) in [5.74, 6) is 0. The van der Waals surface area contributed by atoms with Crippen molar-refractivity contribution in [2.75, 3.05) is 4.72 Å². The fourth-order valence-electron chi connectivity index (χ4n) is 3.04. The number of fused-ring (bicyclic) bond motifs is 1. The number of anilines is 1. The van der Waals surface area contributed by atoms with Crippen molar-refractivity contribution < 1.29 is 8.42 Å². The van der Waals surface area contributed by atoms with Gasteiger partial charge in [-0.05, 0) is 66.6 Å². The highest BCUT2D eigenvalue weighted by molar-refractivity contribution is 7.92. The zero-order valence-electron chi connectivity index (χ0n) is 15.7. The van der Waals surface area contributed by atoms with Crippen molar-refractivity contribution >= 4 is 48.9 Å². The van der Waals surface area contributed by atoms with Crippen molar-refractivity contribution in [3.8, 4) is 10.6 Å². The molecule has 0 aliphatic heterocycles. The molecule has 0 bridgehead atoms. The molecule has 0 aliphatic carbocycles. The van der Waals surface area contributed by atoms with Gasteiger partial charge in [-0.25, -0.2) is 13.4 Å². The van der Waals surface area contributed by atoms with Crippen molar-refractivity contribution in [1.29, 1.82) is 0 Å². The van der Waals surface area contributed by atoms with Crippen molar-refractivity contribution in [3.05, 3.63) is 77.3 Å². The van der Waals surface area contributed by atoms with Gasteiger partial charge in [-0.3, -0.25) is 4.72 Å². The van der Waals surface area contributed by atoms with Gasteiger partial charge in [-0.2, -0.15) is 0 Å². The van der Waals surface area contributed by atoms with Crippen LogP contribution in [-0.2, 0) is 16.4 Å². The molecule has 0 atom stereocenters. The van der Waals surface area contributed by atoms with Crippen LogP contribution >= 0.6 is 22.9 Å². The molecule has 29 heavy (non-hydrogen) atoms. The second-order valence-electron chi connectivity index (χ2n) is 6.71. The quantitative estimate of drug-likeness (QED) is 0.377. The van der Waals surface area contributed by atoms with E-state index in [1.807, 2.05) is 42.5 Å². The molecule has 1 N–H and O–H groups in total. The minimum atomic E-state index is -3.63. The summed E-state index contributed by atoms with van der Waals surface area (Å²) < 4.78 is 28.9. The Morgan fingerprint density at radius 3 is 2.41 bits per heavy atom. The molecule has 7 heteroatoms. The Morgan fingerprint density at radius 2 is 1.72 bits per heavy atom. The molecule has 0 aliphatic rings. The molecule has 0 saturated carbocycles. The summed E-state index contributed by atoms with van der Waals surface area (Å²) in [6, 6.07) is 19.8. The van der Waals surface area contributed by atoms with Gasteiger partial charge in [0.15, 0.2) is 0 Å². The molecule has 0 radical (unpaired) electrons. The van der Waals surface area contributed by atoms with Gasteiger partial charge in [0.1, 0.15) is 5.01 Å². The number of hydrogen-bond donors (Lipinski definition) is 1. The minimum absolute atomic E-state index is 0.254. The lowest BCUT2D eigenvalue weighted by atomic mass is 10.1. The van der Waals surface area contributed by atoms with Gasteiger partial charge in [0.2, 0.25) is 0 Å². The van der Waals surface area contributed by atoms with Crippen molar-refractivity contribution in [2.45, 2.75) is 24.7 Å². The Kier molecular flexibility index (Phi) is 5.58. The van der Waals surface area contributed by atoms with Gasteiger partial charge < -0.3 is 0 Å². The minimum Gasteiger partial charge on any atom is -0.280 e. The van der Waals surface area contributed by atoms with Crippen LogP contribution in [0, 0.1) is 0 Å². The van der Waals surface area contributed by atoms with Gasteiger partial charge in [-0.15, -0.1) is 11.3 Å². The summed E-state index contributed by atoms with van der Waals surface area (Å²) in [5.41, 5.74) is 3.46. The summed E-state index contributed by atoms with van der Waals surface area (Å²) in [6.07, 6.45) is 1.96. The third-order valence-corrected chi connectivity index (χ3v) is 7.21. The fourth-order valence-corrected chi connectivity index (χ4v) is 5.35. The maximum Gasteiger partial charge on any atom is 0.261 e. The zero-order chi connectivity index (χ0) is 20.4. The first-order valence-corrected chi connectivity index (χ1v) is 11.9. The van der Waals surface area contributed by atoms with Crippen molar-refractivity contribution in [1.82, 2.24) is 4.98 Å². The largest absolute Gasteiger partial charge is 0.280 e. The number of benzene rings is 3. The number of halogens is 1. The second-order valence-corrected chi connectivity index (χ2v) is 9.86. The number of sulfonamides is 1. The topological polar surface area (TPSA) is 59.1 Å². The number of aryl methyl sites for hydroxylation is 1. The van der Waals surface area contributed by atoms with E-state index in [0.717, 1.165) is 39.2 Å². The zero-order valence-corrected chi connectivity index (χ0v) is 18.1. The van der Waals surface area contributed by atoms with E-state index < -0.39 is 10.0 Å². The molecular weight excluding hydrogens is 424 g/mol. The smallest absolute Gasteiger partial charge is 0.261 e. The van der Waals surface area contributed by atoms with Gasteiger partial charge in [0, 0.05) is 16.3 Å². The Morgan fingerprint density at radius 1 is 1.00 bits per heavy atom. The number of rotatable bonds is 6. The van der Waals surface area contributed by atoms with Crippen LogP contribution in [0.5, 0.6) is 0 Å². The standard InChI is InChI=1S/C22H19ClN2O2S2/c1-2-3-15-4-11-19(12-5-15)29(26,27)25-18-9-6-16(7-10-18)22-24-20-13-8-17(23)14-21(20)28-22/h4-14,25H,2-3H2,1H3. The maximum atomic E-state index is 12.6. The van der Waals surface area contributed by atoms with Crippen LogP contribution in [0.4, 0.5) is 5.69 Å². The summed E-state index contributed by atoms with van der Waals surface area (Å²) in [7, 11) is -3.63. The Balaban J connectivity index is 1.53. The van der Waals surface area contributed by atoms with E-state index >= 15 is 0 Å². The lowest BCUT2D eigenvalue weighted by Crippen LogP contribution is -2.12. The summed E-state index contributed by atoms with van der Waals surface area (Å²) >= 11 is 7.60. The Bertz CT molecular complexity index is 1250. The molecule has 1 aromatic heterocycles. The third kappa shape index (κ3) is 4.45. The normalized spacial score (nSPS) is 11.7. The number of thiazole rings is 1. The first kappa shape index (κ1) is 19.9. The van der Waals surface area contributed by atoms with Crippen LogP contribution in [0.15, 0.2) is 71.6 Å². The highest BCUT2D eigenvalue weighted by Gasteiger charge is 2.14. The lowest BCUT2D eigenvalue weighted by molar-refractivity contribution is 0.601. The average molecular weight is 443 g/mol. The number of aromatic nitrogens is 1. The van der Waals surface area contributed by atoms with E-state index in [1.54, 1.807) is 35.6 Å². The number of nitrogens with zero attached hydrogens (tertiary/aromatic N) is 1. The van der Waals surface area contributed by atoms with Crippen LogP contribution < -0.4 is 4.72 Å². The monoisotopic (exact) mass is 442 g/mol. The summed E-state index contributed by atoms with van der Waals surface area (Å²) in [6.45, 7) is 2.10. The molecule has 0 saturated heterocycles. The number of nitrogens with one attached hydrogen (secondary N) is 1. The van der Waals surface area contributed by atoms with Crippen molar-refractivity contribution in [3.63, 3.8) is 0 Å². The molecule has 0 fully saturated rings. The Hall–Kier alpha value is -2.41. The molecule has 4 aromatic rings. The molecule has 4 rings (SSSR count). The van der Waals surface area contributed by atoms with Gasteiger partial charge in [-0.1, -0.05) is 37.1 Å². The first-order chi connectivity index (χ1) is 13.9. The Labute approximate surface area is 179 Å². The van der Waals surface area contributed by atoms with Crippen LogP contribution in [-0.4, -0.2) is 13.4 Å². The maximum absolute atomic E-state index is 12.6. The molecule has 0 amide bonds. The second kappa shape index (κ2) is 8.14. The highest BCUT2D eigenvalue weighted by Crippen LogP contribution is 2.32. The molecule has 148 valence electrons. The molecular formula is C22H19ClN2O2S2. The van der Waals surface area contributed by atoms with Gasteiger partial charge >= 0.3 is 0 Å².